The van der Waals surface area contributed by atoms with Gasteiger partial charge in [0, 0.05) is 38.1 Å². The molecule has 0 fully saturated rings. The molecule has 1 aromatic carbocycles. The van der Waals surface area contributed by atoms with Crippen LogP contribution in [0.5, 0.6) is 11.5 Å². The zero-order chi connectivity index (χ0) is 15.9. The minimum Gasteiger partial charge on any atom is -0.486 e. The van der Waals surface area contributed by atoms with Gasteiger partial charge < -0.3 is 24.8 Å². The van der Waals surface area contributed by atoms with Crippen molar-refractivity contribution in [2.24, 2.45) is 0 Å². The van der Waals surface area contributed by atoms with Crippen LogP contribution < -0.4 is 20.1 Å². The minimum atomic E-state index is 0.569. The van der Waals surface area contributed by atoms with E-state index >= 15 is 0 Å². The summed E-state index contributed by atoms with van der Waals surface area (Å²) in [5.41, 5.74) is 0.887. The second-order valence-corrected chi connectivity index (χ2v) is 5.05. The number of fused-ring (bicyclic) bond motifs is 1. The molecule has 0 amide bonds. The Bertz CT molecular complexity index is 651. The normalized spacial score (nSPS) is 12.7. The monoisotopic (exact) mass is 316 g/mol. The lowest BCUT2D eigenvalue weighted by Crippen LogP contribution is -2.15. The Morgan fingerprint density at radius 1 is 1.09 bits per heavy atom. The lowest BCUT2D eigenvalue weighted by Gasteiger charge is -2.19. The summed E-state index contributed by atoms with van der Waals surface area (Å²) in [6.07, 6.45) is 2.45. The largest absolute Gasteiger partial charge is 0.486 e. The van der Waals surface area contributed by atoms with Gasteiger partial charge in [0.15, 0.2) is 11.5 Å². The van der Waals surface area contributed by atoms with Gasteiger partial charge in [-0.2, -0.15) is 0 Å². The number of hydrogen-bond acceptors (Lipinski definition) is 7. The Labute approximate surface area is 135 Å². The molecule has 0 bridgehead atoms. The van der Waals surface area contributed by atoms with Gasteiger partial charge in [-0.25, -0.2) is 9.97 Å². The summed E-state index contributed by atoms with van der Waals surface area (Å²) in [7, 11) is 1.69. The topological polar surface area (TPSA) is 77.5 Å². The number of ether oxygens (including phenoxy) is 3. The summed E-state index contributed by atoms with van der Waals surface area (Å²) in [6, 6.07) is 7.59. The van der Waals surface area contributed by atoms with Gasteiger partial charge in [0.1, 0.15) is 31.2 Å². The van der Waals surface area contributed by atoms with Crippen LogP contribution in [0.25, 0.3) is 0 Å². The van der Waals surface area contributed by atoms with Gasteiger partial charge in [-0.1, -0.05) is 0 Å². The fourth-order valence-corrected chi connectivity index (χ4v) is 2.22. The third-order valence-corrected chi connectivity index (χ3v) is 3.31. The van der Waals surface area contributed by atoms with Crippen LogP contribution in [0.2, 0.25) is 0 Å². The molecule has 2 aromatic rings. The van der Waals surface area contributed by atoms with Crippen LogP contribution >= 0.6 is 0 Å². The highest BCUT2D eigenvalue weighted by molar-refractivity contribution is 5.63. The lowest BCUT2D eigenvalue weighted by atomic mass is 10.2. The second-order valence-electron chi connectivity index (χ2n) is 5.05. The van der Waals surface area contributed by atoms with Gasteiger partial charge in [0.25, 0.3) is 0 Å². The number of rotatable bonds is 7. The van der Waals surface area contributed by atoms with Gasteiger partial charge >= 0.3 is 0 Å². The molecule has 23 heavy (non-hydrogen) atoms. The zero-order valence-corrected chi connectivity index (χ0v) is 13.0. The lowest BCUT2D eigenvalue weighted by molar-refractivity contribution is 0.171. The maximum atomic E-state index is 5.58. The van der Waals surface area contributed by atoms with Crippen molar-refractivity contribution in [2.75, 3.05) is 44.1 Å². The fraction of sp³-hybridized carbons (Fsp3) is 0.375. The van der Waals surface area contributed by atoms with Crippen molar-refractivity contribution in [3.63, 3.8) is 0 Å². The Morgan fingerprint density at radius 2 is 1.91 bits per heavy atom. The standard InChI is InChI=1S/C16H20N4O3/c1-21-6-2-5-17-15-10-16(19-11-18-15)20-12-3-4-13-14(9-12)23-8-7-22-13/h3-4,9-11H,2,5-8H2,1H3,(H2,17,18,19,20). The average molecular weight is 316 g/mol. The first-order valence-electron chi connectivity index (χ1n) is 7.57. The van der Waals surface area contributed by atoms with E-state index in [9.17, 15) is 0 Å². The number of methoxy groups -OCH3 is 1. The second kappa shape index (κ2) is 7.64. The number of hydrogen-bond donors (Lipinski definition) is 2. The van der Waals surface area contributed by atoms with E-state index in [1.807, 2.05) is 24.3 Å². The molecule has 0 spiro atoms. The Kier molecular flexibility index (Phi) is 5.10. The highest BCUT2D eigenvalue weighted by Crippen LogP contribution is 2.33. The highest BCUT2D eigenvalue weighted by Gasteiger charge is 2.12. The molecule has 7 heteroatoms. The van der Waals surface area contributed by atoms with Crippen LogP contribution in [-0.4, -0.2) is 43.4 Å². The molecule has 0 saturated heterocycles. The van der Waals surface area contributed by atoms with Crippen LogP contribution in [0.15, 0.2) is 30.6 Å². The van der Waals surface area contributed by atoms with Crippen LogP contribution in [-0.2, 0) is 4.74 Å². The Morgan fingerprint density at radius 3 is 2.78 bits per heavy atom. The van der Waals surface area contributed by atoms with Gasteiger partial charge in [-0.3, -0.25) is 0 Å². The molecule has 0 saturated carbocycles. The predicted octanol–water partition coefficient (Wildman–Crippen LogP) is 2.44. The van der Waals surface area contributed by atoms with Gasteiger partial charge in [0.05, 0.1) is 0 Å². The molecular formula is C16H20N4O3. The molecule has 1 aliphatic heterocycles. The third-order valence-electron chi connectivity index (χ3n) is 3.31. The quantitative estimate of drug-likeness (QED) is 0.760. The molecule has 1 aromatic heterocycles. The van der Waals surface area contributed by atoms with Gasteiger partial charge in [-0.05, 0) is 18.6 Å². The Balaban J connectivity index is 1.63. The van der Waals surface area contributed by atoms with Crippen LogP contribution in [0.1, 0.15) is 6.42 Å². The zero-order valence-electron chi connectivity index (χ0n) is 13.0. The van der Waals surface area contributed by atoms with E-state index in [1.165, 1.54) is 6.33 Å². The molecule has 2 heterocycles. The number of nitrogens with one attached hydrogen (secondary N) is 2. The van der Waals surface area contributed by atoms with Crippen molar-refractivity contribution in [1.82, 2.24) is 9.97 Å². The van der Waals surface area contributed by atoms with Crippen molar-refractivity contribution in [3.8, 4) is 11.5 Å². The molecule has 122 valence electrons. The molecule has 7 nitrogen and oxygen atoms in total. The predicted molar refractivity (Wildman–Crippen MR) is 87.7 cm³/mol. The smallest absolute Gasteiger partial charge is 0.163 e. The first kappa shape index (κ1) is 15.4. The van der Waals surface area contributed by atoms with E-state index < -0.39 is 0 Å². The molecule has 2 N–H and O–H groups in total. The van der Waals surface area contributed by atoms with Crippen LogP contribution in [0, 0.1) is 0 Å². The van der Waals surface area contributed by atoms with E-state index in [0.717, 1.165) is 42.6 Å². The van der Waals surface area contributed by atoms with E-state index in [1.54, 1.807) is 7.11 Å². The molecular weight excluding hydrogens is 296 g/mol. The number of nitrogens with zero attached hydrogens (tertiary/aromatic N) is 2. The van der Waals surface area contributed by atoms with E-state index in [4.69, 9.17) is 14.2 Å². The first-order valence-corrected chi connectivity index (χ1v) is 7.57. The van der Waals surface area contributed by atoms with E-state index in [-0.39, 0.29) is 0 Å². The minimum absolute atomic E-state index is 0.569. The number of anilines is 3. The maximum Gasteiger partial charge on any atom is 0.163 e. The van der Waals surface area contributed by atoms with Crippen molar-refractivity contribution >= 4 is 17.3 Å². The van der Waals surface area contributed by atoms with Gasteiger partial charge in [-0.15, -0.1) is 0 Å². The first-order chi connectivity index (χ1) is 11.3. The van der Waals surface area contributed by atoms with Gasteiger partial charge in [0.2, 0.25) is 0 Å². The maximum absolute atomic E-state index is 5.58. The third kappa shape index (κ3) is 4.23. The van der Waals surface area contributed by atoms with Crippen molar-refractivity contribution < 1.29 is 14.2 Å². The summed E-state index contributed by atoms with van der Waals surface area (Å²) in [6.45, 7) is 2.68. The molecule has 1 aliphatic rings. The fourth-order valence-electron chi connectivity index (χ4n) is 2.22. The van der Waals surface area contributed by atoms with Crippen LogP contribution in [0.3, 0.4) is 0 Å². The summed E-state index contributed by atoms with van der Waals surface area (Å²) < 4.78 is 16.1. The van der Waals surface area contributed by atoms with Crippen LogP contribution in [0.4, 0.5) is 17.3 Å². The average Bonchev–Trinajstić information content (AvgIpc) is 2.59. The summed E-state index contributed by atoms with van der Waals surface area (Å²) in [4.78, 5) is 8.43. The Hall–Kier alpha value is -2.54. The molecule has 3 rings (SSSR count). The van der Waals surface area contributed by atoms with Crippen molar-refractivity contribution in [1.29, 1.82) is 0 Å². The van der Waals surface area contributed by atoms with Crippen molar-refractivity contribution in [3.05, 3.63) is 30.6 Å². The van der Waals surface area contributed by atoms with Crippen molar-refractivity contribution in [2.45, 2.75) is 6.42 Å². The molecule has 0 unspecified atom stereocenters. The molecule has 0 radical (unpaired) electrons. The SMILES string of the molecule is COCCCNc1cc(Nc2ccc3c(c2)OCCO3)ncn1. The summed E-state index contributed by atoms with van der Waals surface area (Å²) in [5, 5.41) is 6.48. The number of benzene rings is 1. The number of aromatic nitrogens is 2. The summed E-state index contributed by atoms with van der Waals surface area (Å²) in [5.74, 6) is 3.00. The van der Waals surface area contributed by atoms with E-state index in [2.05, 4.69) is 20.6 Å². The highest BCUT2D eigenvalue weighted by atomic mass is 16.6. The summed E-state index contributed by atoms with van der Waals surface area (Å²) >= 11 is 0. The van der Waals surface area contributed by atoms with E-state index in [0.29, 0.717) is 19.0 Å². The molecule has 0 atom stereocenters. The molecule has 0 aliphatic carbocycles.